The van der Waals surface area contributed by atoms with E-state index in [0.29, 0.717) is 6.42 Å². The minimum atomic E-state index is -1.97. The van der Waals surface area contributed by atoms with Crippen LogP contribution in [0.15, 0.2) is 12.2 Å². The van der Waals surface area contributed by atoms with Crippen LogP contribution in [-0.2, 0) is 23.5 Å². The fraction of sp³-hybridized carbons (Fsp3) is 0.862. The lowest BCUT2D eigenvalue weighted by atomic mass is 10.1. The first-order chi connectivity index (χ1) is 16.5. The minimum Gasteiger partial charge on any atom is -0.462 e. The first kappa shape index (κ1) is 33.9. The lowest BCUT2D eigenvalue weighted by molar-refractivity contribution is -0.159. The van der Waals surface area contributed by atoms with E-state index in [1.165, 1.54) is 64.7 Å². The number of hydrogen-bond donors (Lipinski definition) is 0. The molecule has 6 heteroatoms. The molecule has 0 bridgehead atoms. The molecule has 0 saturated heterocycles. The maximum atomic E-state index is 12.1. The summed E-state index contributed by atoms with van der Waals surface area (Å²) in [6.45, 7) is 14.7. The molecule has 0 spiro atoms. The SMILES string of the molecule is CCCCCCCC/C=C\CCCCCCCC(=O)OCC(CO[Si](C)(C)C(C)(C)C)OC(C)=O. The van der Waals surface area contributed by atoms with Crippen molar-refractivity contribution in [2.75, 3.05) is 13.2 Å². The fourth-order valence-electron chi connectivity index (χ4n) is 3.47. The zero-order valence-corrected chi connectivity index (χ0v) is 25.1. The van der Waals surface area contributed by atoms with Gasteiger partial charge in [0.15, 0.2) is 14.4 Å². The highest BCUT2D eigenvalue weighted by Gasteiger charge is 2.38. The molecule has 0 aliphatic carbocycles. The highest BCUT2D eigenvalue weighted by atomic mass is 28.4. The first-order valence-electron chi connectivity index (χ1n) is 14.1. The standard InChI is InChI=1S/C29H56O5Si/c1-8-9-10-11-12-13-14-15-16-17-18-19-20-21-22-23-28(31)32-24-27(34-26(2)30)25-33-35(6,7)29(3,4)5/h15-16,27H,8-14,17-25H2,1-7H3/b16-15-. The van der Waals surface area contributed by atoms with Crippen molar-refractivity contribution in [3.63, 3.8) is 0 Å². The van der Waals surface area contributed by atoms with Crippen LogP contribution in [0.2, 0.25) is 18.1 Å². The Balaban J connectivity index is 3.87. The van der Waals surface area contributed by atoms with Crippen molar-refractivity contribution in [2.24, 2.45) is 0 Å². The fourth-order valence-corrected chi connectivity index (χ4v) is 4.50. The molecular formula is C29H56O5Si. The van der Waals surface area contributed by atoms with Gasteiger partial charge in [0.1, 0.15) is 6.61 Å². The second-order valence-corrected chi connectivity index (χ2v) is 16.1. The van der Waals surface area contributed by atoms with E-state index in [-0.39, 0.29) is 30.2 Å². The van der Waals surface area contributed by atoms with E-state index in [1.54, 1.807) is 0 Å². The van der Waals surface area contributed by atoms with Gasteiger partial charge in [-0.1, -0.05) is 91.2 Å². The summed E-state index contributed by atoms with van der Waals surface area (Å²) in [5.41, 5.74) is 0. The quantitative estimate of drug-likeness (QED) is 0.0667. The number of rotatable bonds is 21. The number of unbranched alkanes of at least 4 members (excludes halogenated alkanes) is 11. The van der Waals surface area contributed by atoms with Crippen molar-refractivity contribution in [2.45, 2.75) is 149 Å². The molecule has 0 aliphatic heterocycles. The van der Waals surface area contributed by atoms with Gasteiger partial charge in [0, 0.05) is 13.3 Å². The van der Waals surface area contributed by atoms with Gasteiger partial charge >= 0.3 is 11.9 Å². The monoisotopic (exact) mass is 512 g/mol. The Morgan fingerprint density at radius 3 is 1.83 bits per heavy atom. The van der Waals surface area contributed by atoms with E-state index in [9.17, 15) is 9.59 Å². The second kappa shape index (κ2) is 20.0. The molecule has 0 radical (unpaired) electrons. The van der Waals surface area contributed by atoms with Crippen molar-refractivity contribution >= 4 is 20.3 Å². The van der Waals surface area contributed by atoms with Crippen molar-refractivity contribution in [3.8, 4) is 0 Å². The molecule has 0 fully saturated rings. The summed E-state index contributed by atoms with van der Waals surface area (Å²) in [6.07, 6.45) is 20.5. The van der Waals surface area contributed by atoms with Crippen LogP contribution in [0.4, 0.5) is 0 Å². The topological polar surface area (TPSA) is 61.8 Å². The Bertz CT molecular complexity index is 580. The lowest BCUT2D eigenvalue weighted by Gasteiger charge is -2.37. The molecular weight excluding hydrogens is 456 g/mol. The molecule has 0 saturated carbocycles. The Morgan fingerprint density at radius 1 is 0.800 bits per heavy atom. The zero-order valence-electron chi connectivity index (χ0n) is 24.1. The van der Waals surface area contributed by atoms with Gasteiger partial charge in [-0.15, -0.1) is 0 Å². The number of carbonyl (C=O) groups excluding carboxylic acids is 2. The van der Waals surface area contributed by atoms with Crippen LogP contribution >= 0.6 is 0 Å². The molecule has 0 amide bonds. The summed E-state index contributed by atoms with van der Waals surface area (Å²) in [7, 11) is -1.97. The highest BCUT2D eigenvalue weighted by Crippen LogP contribution is 2.36. The van der Waals surface area contributed by atoms with Gasteiger partial charge in [-0.25, -0.2) is 0 Å². The molecule has 0 aromatic carbocycles. The molecule has 0 aromatic heterocycles. The van der Waals surface area contributed by atoms with Gasteiger partial charge in [-0.05, 0) is 50.2 Å². The van der Waals surface area contributed by atoms with Crippen molar-refractivity contribution < 1.29 is 23.5 Å². The molecule has 1 atom stereocenters. The average Bonchev–Trinajstić information content (AvgIpc) is 2.77. The maximum Gasteiger partial charge on any atom is 0.305 e. The number of ether oxygens (including phenoxy) is 2. The smallest absolute Gasteiger partial charge is 0.305 e. The van der Waals surface area contributed by atoms with Gasteiger partial charge in [0.05, 0.1) is 6.61 Å². The van der Waals surface area contributed by atoms with Crippen LogP contribution in [0.1, 0.15) is 125 Å². The third kappa shape index (κ3) is 19.7. The number of hydrogen-bond acceptors (Lipinski definition) is 5. The molecule has 5 nitrogen and oxygen atoms in total. The van der Waals surface area contributed by atoms with E-state index < -0.39 is 14.4 Å². The zero-order chi connectivity index (χ0) is 26.6. The van der Waals surface area contributed by atoms with Gasteiger partial charge in [-0.2, -0.15) is 0 Å². The molecule has 35 heavy (non-hydrogen) atoms. The van der Waals surface area contributed by atoms with E-state index in [0.717, 1.165) is 25.7 Å². The Hall–Kier alpha value is -1.14. The van der Waals surface area contributed by atoms with Crippen molar-refractivity contribution in [1.82, 2.24) is 0 Å². The largest absolute Gasteiger partial charge is 0.462 e. The maximum absolute atomic E-state index is 12.1. The van der Waals surface area contributed by atoms with Crippen molar-refractivity contribution in [3.05, 3.63) is 12.2 Å². The second-order valence-electron chi connectivity index (χ2n) is 11.3. The van der Waals surface area contributed by atoms with Crippen LogP contribution < -0.4 is 0 Å². The molecule has 206 valence electrons. The predicted molar refractivity (Wildman–Crippen MR) is 149 cm³/mol. The van der Waals surface area contributed by atoms with Gasteiger partial charge in [0.2, 0.25) is 0 Å². The van der Waals surface area contributed by atoms with Gasteiger partial charge in [0.25, 0.3) is 0 Å². The number of carbonyl (C=O) groups is 2. The number of allylic oxidation sites excluding steroid dienone is 2. The van der Waals surface area contributed by atoms with E-state index >= 15 is 0 Å². The average molecular weight is 513 g/mol. The molecule has 0 aliphatic rings. The Morgan fingerprint density at radius 2 is 1.31 bits per heavy atom. The highest BCUT2D eigenvalue weighted by molar-refractivity contribution is 6.74. The van der Waals surface area contributed by atoms with Gasteiger partial charge < -0.3 is 13.9 Å². The number of esters is 2. The third-order valence-electron chi connectivity index (χ3n) is 6.84. The molecule has 0 heterocycles. The summed E-state index contributed by atoms with van der Waals surface area (Å²) in [4.78, 5) is 23.6. The molecule has 1 unspecified atom stereocenters. The normalized spacial score (nSPS) is 13.2. The Kier molecular flexibility index (Phi) is 19.3. The summed E-state index contributed by atoms with van der Waals surface area (Å²) >= 11 is 0. The molecule has 0 aromatic rings. The van der Waals surface area contributed by atoms with Crippen molar-refractivity contribution in [1.29, 1.82) is 0 Å². The van der Waals surface area contributed by atoms with Gasteiger partial charge in [-0.3, -0.25) is 9.59 Å². The first-order valence-corrected chi connectivity index (χ1v) is 17.0. The van der Waals surface area contributed by atoms with E-state index in [2.05, 4.69) is 52.9 Å². The minimum absolute atomic E-state index is 0.0537. The molecule has 0 rings (SSSR count). The lowest BCUT2D eigenvalue weighted by Crippen LogP contribution is -2.44. The summed E-state index contributed by atoms with van der Waals surface area (Å²) in [5.74, 6) is -0.616. The predicted octanol–water partition coefficient (Wildman–Crippen LogP) is 8.52. The Labute approximate surface area is 217 Å². The summed E-state index contributed by atoms with van der Waals surface area (Å²) in [5, 5.41) is 0.0638. The van der Waals surface area contributed by atoms with E-state index in [4.69, 9.17) is 13.9 Å². The van der Waals surface area contributed by atoms with Crippen LogP contribution in [0.25, 0.3) is 0 Å². The van der Waals surface area contributed by atoms with Crippen LogP contribution in [0, 0.1) is 0 Å². The third-order valence-corrected chi connectivity index (χ3v) is 11.3. The van der Waals surface area contributed by atoms with Crippen LogP contribution in [0.5, 0.6) is 0 Å². The molecule has 0 N–H and O–H groups in total. The van der Waals surface area contributed by atoms with Crippen LogP contribution in [0.3, 0.4) is 0 Å². The van der Waals surface area contributed by atoms with Crippen LogP contribution in [-0.4, -0.2) is 39.6 Å². The summed E-state index contributed by atoms with van der Waals surface area (Å²) in [6, 6.07) is 0. The van der Waals surface area contributed by atoms with E-state index in [1.807, 2.05) is 0 Å². The summed E-state index contributed by atoms with van der Waals surface area (Å²) < 4.78 is 16.8.